The van der Waals surface area contributed by atoms with Crippen LogP contribution in [-0.4, -0.2) is 24.3 Å². The summed E-state index contributed by atoms with van der Waals surface area (Å²) in [6.45, 7) is 0. The van der Waals surface area contributed by atoms with Crippen LogP contribution < -0.4 is 15.2 Å². The monoisotopic (exact) mass is 350 g/mol. The number of pyridine rings is 1. The third kappa shape index (κ3) is 3.38. The maximum atomic E-state index is 11.2. The molecule has 2 N–H and O–H groups in total. The molecule has 7 heteroatoms. The van der Waals surface area contributed by atoms with Crippen LogP contribution in [0.5, 0.6) is 17.5 Å². The highest BCUT2D eigenvalue weighted by Gasteiger charge is 2.12. The summed E-state index contributed by atoms with van der Waals surface area (Å²) in [5.41, 5.74) is 5.82. The van der Waals surface area contributed by atoms with Gasteiger partial charge in [-0.3, -0.25) is 9.59 Å². The number of aldehydes is 1. The molecule has 0 saturated heterocycles. The number of carbonyl (C=O) groups excluding carboxylic acids is 2. The Labute approximate surface area is 129 Å². The van der Waals surface area contributed by atoms with Crippen LogP contribution in [-0.2, 0) is 0 Å². The van der Waals surface area contributed by atoms with Gasteiger partial charge in [-0.25, -0.2) is 0 Å². The summed E-state index contributed by atoms with van der Waals surface area (Å²) in [6, 6.07) is 7.88. The minimum Gasteiger partial charge on any atom is -0.480 e. The van der Waals surface area contributed by atoms with Crippen LogP contribution in [0.15, 0.2) is 34.8 Å². The molecular formula is C14H11BrN2O4. The lowest BCUT2D eigenvalue weighted by Gasteiger charge is -2.09. The number of halogens is 1. The number of rotatable bonds is 5. The second kappa shape index (κ2) is 6.36. The van der Waals surface area contributed by atoms with E-state index in [-0.39, 0.29) is 17.3 Å². The van der Waals surface area contributed by atoms with Crippen molar-refractivity contribution in [2.45, 2.75) is 0 Å². The molecule has 108 valence electrons. The molecule has 1 amide bonds. The quantitative estimate of drug-likeness (QED) is 0.836. The molecule has 0 bridgehead atoms. The summed E-state index contributed by atoms with van der Waals surface area (Å²) >= 11 is 3.25. The number of primary amides is 1. The van der Waals surface area contributed by atoms with Gasteiger partial charge in [0.15, 0.2) is 6.29 Å². The molecule has 0 unspecified atom stereocenters. The Bertz CT molecular complexity index is 703. The van der Waals surface area contributed by atoms with Gasteiger partial charge in [-0.05, 0) is 24.3 Å². The maximum absolute atomic E-state index is 11.2. The fraction of sp³-hybridized carbons (Fsp3) is 0.0714. The molecule has 0 fully saturated rings. The first-order valence-corrected chi connectivity index (χ1v) is 6.62. The number of aromatic nitrogens is 1. The van der Waals surface area contributed by atoms with E-state index in [9.17, 15) is 9.59 Å². The Morgan fingerprint density at radius 1 is 1.33 bits per heavy atom. The summed E-state index contributed by atoms with van der Waals surface area (Å²) in [6.07, 6.45) is 0.709. The molecule has 1 aromatic heterocycles. The van der Waals surface area contributed by atoms with E-state index in [1.807, 2.05) is 0 Å². The van der Waals surface area contributed by atoms with Crippen LogP contribution in [0.3, 0.4) is 0 Å². The Hall–Kier alpha value is -2.41. The lowest BCUT2D eigenvalue weighted by atomic mass is 10.2. The number of carbonyl (C=O) groups is 2. The molecule has 0 atom stereocenters. The fourth-order valence-electron chi connectivity index (χ4n) is 1.62. The summed E-state index contributed by atoms with van der Waals surface area (Å²) in [5.74, 6) is 0.0863. The minimum absolute atomic E-state index is 0.0766. The van der Waals surface area contributed by atoms with E-state index >= 15 is 0 Å². The Balaban J connectivity index is 2.31. The molecule has 0 aliphatic carbocycles. The number of nitrogens with two attached hydrogens (primary N) is 1. The summed E-state index contributed by atoms with van der Waals surface area (Å²) in [4.78, 5) is 26.1. The Kier molecular flexibility index (Phi) is 4.54. The molecule has 2 rings (SSSR count). The normalized spacial score (nSPS) is 10.0. The van der Waals surface area contributed by atoms with Crippen molar-refractivity contribution in [3.8, 4) is 17.5 Å². The van der Waals surface area contributed by atoms with Crippen molar-refractivity contribution in [1.82, 2.24) is 4.98 Å². The van der Waals surface area contributed by atoms with E-state index in [2.05, 4.69) is 20.9 Å². The van der Waals surface area contributed by atoms with Crippen molar-refractivity contribution in [3.63, 3.8) is 0 Å². The predicted octanol–water partition coefficient (Wildman–Crippen LogP) is 2.56. The molecule has 0 spiro atoms. The number of hydrogen-bond acceptors (Lipinski definition) is 5. The zero-order chi connectivity index (χ0) is 15.4. The second-order valence-electron chi connectivity index (χ2n) is 3.97. The zero-order valence-corrected chi connectivity index (χ0v) is 12.6. The Morgan fingerprint density at radius 2 is 2.10 bits per heavy atom. The number of hydrogen-bond donors (Lipinski definition) is 1. The number of methoxy groups -OCH3 is 1. The highest BCUT2D eigenvalue weighted by atomic mass is 79.9. The van der Waals surface area contributed by atoms with E-state index in [1.54, 1.807) is 18.2 Å². The molecular weight excluding hydrogens is 340 g/mol. The topological polar surface area (TPSA) is 91.5 Å². The Morgan fingerprint density at radius 3 is 2.71 bits per heavy atom. The van der Waals surface area contributed by atoms with Crippen LogP contribution in [0, 0.1) is 0 Å². The molecule has 2 aromatic rings. The molecule has 0 radical (unpaired) electrons. The van der Waals surface area contributed by atoms with Gasteiger partial charge in [-0.2, -0.15) is 4.98 Å². The molecule has 0 saturated carbocycles. The number of ether oxygens (including phenoxy) is 2. The minimum atomic E-state index is -0.641. The lowest BCUT2D eigenvalue weighted by Crippen LogP contribution is -2.13. The van der Waals surface area contributed by atoms with Gasteiger partial charge in [0.05, 0.1) is 7.11 Å². The number of amides is 1. The molecule has 6 nitrogen and oxygen atoms in total. The first kappa shape index (κ1) is 15.0. The SMILES string of the molecule is COc1nc(Oc2ccc(Br)c(C=O)c2)ccc1C(N)=O. The highest BCUT2D eigenvalue weighted by molar-refractivity contribution is 9.10. The third-order valence-corrected chi connectivity index (χ3v) is 3.33. The highest BCUT2D eigenvalue weighted by Crippen LogP contribution is 2.27. The largest absolute Gasteiger partial charge is 0.480 e. The van der Waals surface area contributed by atoms with Gasteiger partial charge in [0.25, 0.3) is 5.91 Å². The van der Waals surface area contributed by atoms with Crippen molar-refractivity contribution in [2.75, 3.05) is 7.11 Å². The van der Waals surface area contributed by atoms with Gasteiger partial charge >= 0.3 is 0 Å². The van der Waals surface area contributed by atoms with E-state index in [0.29, 0.717) is 22.1 Å². The van der Waals surface area contributed by atoms with Gasteiger partial charge in [-0.1, -0.05) is 15.9 Å². The van der Waals surface area contributed by atoms with Crippen LogP contribution in [0.1, 0.15) is 20.7 Å². The molecule has 21 heavy (non-hydrogen) atoms. The first-order chi connectivity index (χ1) is 10.0. The van der Waals surface area contributed by atoms with Gasteiger partial charge in [0.2, 0.25) is 11.8 Å². The molecule has 0 aliphatic heterocycles. The van der Waals surface area contributed by atoms with Crippen LogP contribution in [0.2, 0.25) is 0 Å². The van der Waals surface area contributed by atoms with Crippen molar-refractivity contribution >= 4 is 28.1 Å². The van der Waals surface area contributed by atoms with Crippen LogP contribution in [0.4, 0.5) is 0 Å². The van der Waals surface area contributed by atoms with E-state index in [0.717, 1.165) is 0 Å². The second-order valence-corrected chi connectivity index (χ2v) is 4.83. The molecule has 1 heterocycles. The van der Waals surface area contributed by atoms with Gasteiger partial charge in [-0.15, -0.1) is 0 Å². The van der Waals surface area contributed by atoms with Crippen molar-refractivity contribution in [2.24, 2.45) is 5.73 Å². The van der Waals surface area contributed by atoms with Crippen LogP contribution in [0.25, 0.3) is 0 Å². The van der Waals surface area contributed by atoms with Crippen molar-refractivity contribution in [1.29, 1.82) is 0 Å². The summed E-state index contributed by atoms with van der Waals surface area (Å²) < 4.78 is 11.2. The maximum Gasteiger partial charge on any atom is 0.254 e. The number of nitrogens with zero attached hydrogens (tertiary/aromatic N) is 1. The van der Waals surface area contributed by atoms with Gasteiger partial charge < -0.3 is 15.2 Å². The standard InChI is InChI=1S/C14H11BrN2O4/c1-20-14-10(13(16)19)3-5-12(17-14)21-9-2-4-11(15)8(6-9)7-18/h2-7H,1H3,(H2,16,19). The average Bonchev–Trinajstić information content (AvgIpc) is 2.48. The van der Waals surface area contributed by atoms with Gasteiger partial charge in [0, 0.05) is 16.1 Å². The van der Waals surface area contributed by atoms with Crippen LogP contribution >= 0.6 is 15.9 Å². The molecule has 1 aromatic carbocycles. The van der Waals surface area contributed by atoms with E-state index in [1.165, 1.54) is 19.2 Å². The predicted molar refractivity (Wildman–Crippen MR) is 78.9 cm³/mol. The third-order valence-electron chi connectivity index (χ3n) is 2.61. The first-order valence-electron chi connectivity index (χ1n) is 5.82. The average molecular weight is 351 g/mol. The smallest absolute Gasteiger partial charge is 0.254 e. The van der Waals surface area contributed by atoms with Gasteiger partial charge in [0.1, 0.15) is 11.3 Å². The zero-order valence-electron chi connectivity index (χ0n) is 11.0. The van der Waals surface area contributed by atoms with E-state index < -0.39 is 5.91 Å². The fourth-order valence-corrected chi connectivity index (χ4v) is 1.96. The van der Waals surface area contributed by atoms with Crippen molar-refractivity contribution in [3.05, 3.63) is 45.9 Å². The van der Waals surface area contributed by atoms with E-state index in [4.69, 9.17) is 15.2 Å². The summed E-state index contributed by atoms with van der Waals surface area (Å²) in [7, 11) is 1.38. The number of benzene rings is 1. The lowest BCUT2D eigenvalue weighted by molar-refractivity contribution is 0.0996. The summed E-state index contributed by atoms with van der Waals surface area (Å²) in [5, 5.41) is 0. The van der Waals surface area contributed by atoms with Crippen molar-refractivity contribution < 1.29 is 19.1 Å². The molecule has 0 aliphatic rings.